The lowest BCUT2D eigenvalue weighted by Gasteiger charge is -2.48. The van der Waals surface area contributed by atoms with Crippen molar-refractivity contribution in [2.75, 3.05) is 7.11 Å². The van der Waals surface area contributed by atoms with E-state index in [9.17, 15) is 10.3 Å². The van der Waals surface area contributed by atoms with Crippen LogP contribution in [0.4, 0.5) is 0 Å². The highest BCUT2D eigenvalue weighted by molar-refractivity contribution is 6.04. The molecule has 2 fully saturated rings. The van der Waals surface area contributed by atoms with Gasteiger partial charge in [-0.05, 0) is 80.0 Å². The zero-order valence-corrected chi connectivity index (χ0v) is 19.5. The topological polar surface area (TPSA) is 83.6 Å². The molecule has 0 spiro atoms. The van der Waals surface area contributed by atoms with Gasteiger partial charge in [-0.3, -0.25) is 0 Å². The molecule has 3 aliphatic carbocycles. The van der Waals surface area contributed by atoms with Crippen LogP contribution in [0, 0.1) is 24.2 Å². The Balaban J connectivity index is 1.50. The van der Waals surface area contributed by atoms with E-state index in [0.29, 0.717) is 30.1 Å². The van der Waals surface area contributed by atoms with Gasteiger partial charge in [0, 0.05) is 11.0 Å². The normalized spacial score (nSPS) is 30.6. The minimum Gasteiger partial charge on any atom is -0.504 e. The number of rotatable bonds is 4. The lowest BCUT2D eigenvalue weighted by Crippen LogP contribution is -2.43. The van der Waals surface area contributed by atoms with Crippen LogP contribution in [0.3, 0.4) is 0 Å². The molecule has 2 aromatic rings. The van der Waals surface area contributed by atoms with E-state index in [-0.39, 0.29) is 11.2 Å². The molecule has 3 aliphatic rings. The molecule has 0 bridgehead atoms. The predicted octanol–water partition coefficient (Wildman–Crippen LogP) is 5.77. The average Bonchev–Trinajstić information content (AvgIpc) is 3.16. The number of phenols is 1. The number of benzene rings is 2. The van der Waals surface area contributed by atoms with Crippen LogP contribution in [0.1, 0.15) is 67.2 Å². The summed E-state index contributed by atoms with van der Waals surface area (Å²) in [7, 11) is 1.58. The number of fused-ring (bicyclic) bond motifs is 5. The molecule has 2 saturated carbocycles. The third-order valence-corrected chi connectivity index (χ3v) is 8.32. The maximum atomic E-state index is 10.5. The summed E-state index contributed by atoms with van der Waals surface area (Å²) in [6.07, 6.45) is 4.67. The van der Waals surface area contributed by atoms with Crippen molar-refractivity contribution in [2.45, 2.75) is 58.5 Å². The molecule has 0 aliphatic heterocycles. The van der Waals surface area contributed by atoms with Gasteiger partial charge in [0.2, 0.25) is 0 Å². The summed E-state index contributed by atoms with van der Waals surface area (Å²) in [4.78, 5) is 5.82. The highest BCUT2D eigenvalue weighted by Crippen LogP contribution is 2.60. The second kappa shape index (κ2) is 8.40. The minimum atomic E-state index is -0.0672. The van der Waals surface area contributed by atoms with Crippen LogP contribution in [0.2, 0.25) is 0 Å². The van der Waals surface area contributed by atoms with Gasteiger partial charge >= 0.3 is 0 Å². The van der Waals surface area contributed by atoms with E-state index in [2.05, 4.69) is 48.4 Å². The van der Waals surface area contributed by atoms with Crippen LogP contribution in [-0.2, 0) is 11.4 Å². The van der Waals surface area contributed by atoms with Gasteiger partial charge in [-0.1, -0.05) is 47.1 Å². The standard InChI is InChI=1S/C27H32N2O4/c1-16-4-6-17(7-5-16)15-33-29-23-12-20-18(19-14-25(32-3)24(30)13-21(19)23)10-11-27(2)22(20)8-9-26(27)28-31/h4-7,13-14,18,20,22,30-31H,8-12,15H2,1-3H3/b28-26-,29-23+/t18-,20-,22+,27+/m1/s1. The molecule has 0 aromatic heterocycles. The third-order valence-electron chi connectivity index (χ3n) is 8.32. The van der Waals surface area contributed by atoms with E-state index in [1.807, 2.05) is 6.07 Å². The van der Waals surface area contributed by atoms with E-state index in [1.54, 1.807) is 13.2 Å². The zero-order valence-electron chi connectivity index (χ0n) is 19.5. The number of ether oxygens (including phenoxy) is 1. The van der Waals surface area contributed by atoms with Gasteiger partial charge in [-0.15, -0.1) is 0 Å². The summed E-state index contributed by atoms with van der Waals surface area (Å²) < 4.78 is 5.44. The summed E-state index contributed by atoms with van der Waals surface area (Å²) >= 11 is 0. The second-order valence-corrected chi connectivity index (χ2v) is 10.0. The van der Waals surface area contributed by atoms with Crippen molar-refractivity contribution in [2.24, 2.45) is 27.6 Å². The molecule has 4 atom stereocenters. The van der Waals surface area contributed by atoms with Gasteiger partial charge in [-0.25, -0.2) is 0 Å². The van der Waals surface area contributed by atoms with E-state index in [4.69, 9.17) is 9.57 Å². The van der Waals surface area contributed by atoms with Crippen molar-refractivity contribution in [3.8, 4) is 11.5 Å². The number of aryl methyl sites for hydroxylation is 1. The molecule has 0 amide bonds. The molecule has 5 rings (SSSR count). The molecule has 0 heterocycles. The molecule has 6 nitrogen and oxygen atoms in total. The minimum absolute atomic E-state index is 0.0672. The summed E-state index contributed by atoms with van der Waals surface area (Å²) in [6.45, 7) is 4.72. The lowest BCUT2D eigenvalue weighted by molar-refractivity contribution is 0.103. The smallest absolute Gasteiger partial charge is 0.160 e. The number of phenolic OH excluding ortho intramolecular Hbond substituents is 1. The van der Waals surface area contributed by atoms with E-state index >= 15 is 0 Å². The maximum absolute atomic E-state index is 10.5. The average molecular weight is 449 g/mol. The summed E-state index contributed by atoms with van der Waals surface area (Å²) in [5, 5.41) is 28.4. The molecule has 33 heavy (non-hydrogen) atoms. The van der Waals surface area contributed by atoms with Crippen LogP contribution in [0.25, 0.3) is 0 Å². The third kappa shape index (κ3) is 3.65. The fourth-order valence-corrected chi connectivity index (χ4v) is 6.50. The number of oxime groups is 2. The monoisotopic (exact) mass is 448 g/mol. The van der Waals surface area contributed by atoms with Crippen molar-refractivity contribution < 1.29 is 19.9 Å². The Morgan fingerprint density at radius 2 is 1.94 bits per heavy atom. The predicted molar refractivity (Wildman–Crippen MR) is 127 cm³/mol. The Hall–Kier alpha value is -3.02. The van der Waals surface area contributed by atoms with E-state index in [0.717, 1.165) is 54.7 Å². The number of methoxy groups -OCH3 is 1. The SMILES string of the molecule is COc1cc2c(cc1O)/C(=N/OCc1ccc(C)cc1)C[C@@H]1[C@@H]2CC[C@]2(C)/C(=N\O)CC[C@@H]12. The first kappa shape index (κ1) is 21.8. The number of hydrogen-bond donors (Lipinski definition) is 2. The van der Waals surface area contributed by atoms with Crippen molar-refractivity contribution in [1.29, 1.82) is 0 Å². The van der Waals surface area contributed by atoms with E-state index < -0.39 is 0 Å². The molecular formula is C27H32N2O4. The Bertz CT molecular complexity index is 1110. The maximum Gasteiger partial charge on any atom is 0.160 e. The van der Waals surface area contributed by atoms with Gasteiger partial charge in [0.05, 0.1) is 18.5 Å². The van der Waals surface area contributed by atoms with Gasteiger partial charge in [0.1, 0.15) is 6.61 Å². The summed E-state index contributed by atoms with van der Waals surface area (Å²) in [6, 6.07) is 12.0. The van der Waals surface area contributed by atoms with E-state index in [1.165, 1.54) is 11.1 Å². The largest absolute Gasteiger partial charge is 0.504 e. The van der Waals surface area contributed by atoms with Gasteiger partial charge in [-0.2, -0.15) is 0 Å². The first-order chi connectivity index (χ1) is 15.9. The Kier molecular flexibility index (Phi) is 5.55. The molecule has 0 saturated heterocycles. The van der Waals surface area contributed by atoms with Crippen molar-refractivity contribution in [3.05, 3.63) is 58.7 Å². The van der Waals surface area contributed by atoms with Crippen LogP contribution in [0.5, 0.6) is 11.5 Å². The van der Waals surface area contributed by atoms with Crippen molar-refractivity contribution >= 4 is 11.4 Å². The number of aromatic hydroxyl groups is 1. The molecular weight excluding hydrogens is 416 g/mol. The van der Waals surface area contributed by atoms with Gasteiger partial charge < -0.3 is 19.9 Å². The molecule has 2 N–H and O–H groups in total. The first-order valence-corrected chi connectivity index (χ1v) is 11.8. The van der Waals surface area contributed by atoms with Gasteiger partial charge in [0.25, 0.3) is 0 Å². The zero-order chi connectivity index (χ0) is 23.2. The van der Waals surface area contributed by atoms with Gasteiger partial charge in [0.15, 0.2) is 11.5 Å². The fourth-order valence-electron chi connectivity index (χ4n) is 6.50. The fraction of sp³-hybridized carbons (Fsp3) is 0.481. The Labute approximate surface area is 194 Å². The van der Waals surface area contributed by atoms with Crippen molar-refractivity contribution in [1.82, 2.24) is 0 Å². The Morgan fingerprint density at radius 3 is 2.67 bits per heavy atom. The highest BCUT2D eigenvalue weighted by Gasteiger charge is 2.54. The quantitative estimate of drug-likeness (QED) is 0.459. The molecule has 174 valence electrons. The molecule has 0 radical (unpaired) electrons. The highest BCUT2D eigenvalue weighted by atomic mass is 16.6. The lowest BCUT2D eigenvalue weighted by atomic mass is 9.55. The van der Waals surface area contributed by atoms with Crippen LogP contribution >= 0.6 is 0 Å². The van der Waals surface area contributed by atoms with Crippen LogP contribution in [0.15, 0.2) is 46.7 Å². The number of nitrogens with zero attached hydrogens (tertiary/aromatic N) is 2. The van der Waals surface area contributed by atoms with Crippen LogP contribution < -0.4 is 4.74 Å². The first-order valence-electron chi connectivity index (χ1n) is 11.8. The molecule has 0 unspecified atom stereocenters. The van der Waals surface area contributed by atoms with Crippen LogP contribution in [-0.4, -0.2) is 28.8 Å². The summed E-state index contributed by atoms with van der Waals surface area (Å²) in [5.41, 5.74) is 6.16. The second-order valence-electron chi connectivity index (χ2n) is 10.0. The van der Waals surface area contributed by atoms with Crippen molar-refractivity contribution in [3.63, 3.8) is 0 Å². The number of hydrogen-bond acceptors (Lipinski definition) is 6. The Morgan fingerprint density at radius 1 is 1.15 bits per heavy atom. The summed E-state index contributed by atoms with van der Waals surface area (Å²) in [5.74, 6) is 1.79. The molecule has 2 aromatic carbocycles. The molecule has 6 heteroatoms.